The Labute approximate surface area is 109 Å². The molecule has 0 saturated heterocycles. The Kier molecular flexibility index (Phi) is 2.69. The van der Waals surface area contributed by atoms with Gasteiger partial charge in [0.25, 0.3) is 0 Å². The van der Waals surface area contributed by atoms with Gasteiger partial charge in [0.1, 0.15) is 11.4 Å². The molecule has 0 aliphatic heterocycles. The Balaban J connectivity index is 2.09. The highest BCUT2D eigenvalue weighted by Crippen LogP contribution is 2.25. The molecule has 1 unspecified atom stereocenters. The Morgan fingerprint density at radius 1 is 1.32 bits per heavy atom. The molecule has 5 heteroatoms. The van der Waals surface area contributed by atoms with Crippen molar-refractivity contribution in [2.45, 2.75) is 12.8 Å². The fourth-order valence-electron chi connectivity index (χ4n) is 2.01. The first-order valence-electron chi connectivity index (χ1n) is 5.80. The molecule has 0 bridgehead atoms. The molecule has 0 amide bonds. The predicted molar refractivity (Wildman–Crippen MR) is 68.2 cm³/mol. The second kappa shape index (κ2) is 4.50. The minimum atomic E-state index is -0.455. The molecular weight excluding hydrogens is 240 g/mol. The summed E-state index contributed by atoms with van der Waals surface area (Å²) >= 11 is 0. The zero-order chi connectivity index (χ0) is 13.2. The maximum atomic E-state index is 9.35. The number of rotatable bonds is 2. The summed E-state index contributed by atoms with van der Waals surface area (Å²) in [5.41, 5.74) is 2.92. The fourth-order valence-corrected chi connectivity index (χ4v) is 2.01. The van der Waals surface area contributed by atoms with Gasteiger partial charge in [-0.25, -0.2) is 4.98 Å². The van der Waals surface area contributed by atoms with Crippen LogP contribution in [-0.2, 0) is 0 Å². The van der Waals surface area contributed by atoms with Gasteiger partial charge in [-0.2, -0.15) is 5.26 Å². The molecular formula is C14H10N4O. The summed E-state index contributed by atoms with van der Waals surface area (Å²) in [4.78, 5) is 12.4. The summed E-state index contributed by atoms with van der Waals surface area (Å²) < 4.78 is 5.48. The maximum absolute atomic E-state index is 9.35. The molecule has 19 heavy (non-hydrogen) atoms. The largest absolute Gasteiger partial charge is 0.441 e. The number of nitrogens with zero attached hydrogens (tertiary/aromatic N) is 4. The Bertz CT molecular complexity index is 758. The van der Waals surface area contributed by atoms with Gasteiger partial charge in [0.2, 0.25) is 0 Å². The Morgan fingerprint density at radius 3 is 2.95 bits per heavy atom. The third-order valence-corrected chi connectivity index (χ3v) is 2.86. The first-order chi connectivity index (χ1) is 9.28. The van der Waals surface area contributed by atoms with Gasteiger partial charge >= 0.3 is 0 Å². The zero-order valence-corrected chi connectivity index (χ0v) is 10.2. The van der Waals surface area contributed by atoms with Gasteiger partial charge in [0, 0.05) is 19.3 Å². The highest BCUT2D eigenvalue weighted by molar-refractivity contribution is 5.74. The molecule has 0 radical (unpaired) electrons. The van der Waals surface area contributed by atoms with Crippen molar-refractivity contribution < 1.29 is 4.42 Å². The third kappa shape index (κ3) is 2.04. The number of aryl methyl sites for hydroxylation is 1. The van der Waals surface area contributed by atoms with Crippen molar-refractivity contribution in [3.63, 3.8) is 0 Å². The van der Waals surface area contributed by atoms with Crippen LogP contribution < -0.4 is 0 Å². The van der Waals surface area contributed by atoms with E-state index in [-0.39, 0.29) is 0 Å². The lowest BCUT2D eigenvalue weighted by atomic mass is 9.97. The minimum absolute atomic E-state index is 0.455. The summed E-state index contributed by atoms with van der Waals surface area (Å²) in [7, 11) is 0. The Hall–Kier alpha value is -2.74. The third-order valence-electron chi connectivity index (χ3n) is 2.86. The smallest absolute Gasteiger partial charge is 0.192 e. The van der Waals surface area contributed by atoms with Crippen LogP contribution in [0.5, 0.6) is 0 Å². The van der Waals surface area contributed by atoms with Crippen LogP contribution in [0.4, 0.5) is 0 Å². The van der Waals surface area contributed by atoms with E-state index in [1.54, 1.807) is 25.5 Å². The van der Waals surface area contributed by atoms with Crippen molar-refractivity contribution in [3.8, 4) is 6.07 Å². The van der Waals surface area contributed by atoms with Crippen LogP contribution in [0.2, 0.25) is 0 Å². The van der Waals surface area contributed by atoms with Crippen LogP contribution in [0.1, 0.15) is 23.1 Å². The number of nitriles is 1. The summed E-state index contributed by atoms with van der Waals surface area (Å²) in [6.07, 6.45) is 4.77. The summed E-state index contributed by atoms with van der Waals surface area (Å²) in [6.45, 7) is 1.80. The van der Waals surface area contributed by atoms with Crippen LogP contribution in [-0.4, -0.2) is 15.0 Å². The fraction of sp³-hybridized carbons (Fsp3) is 0.143. The molecule has 0 saturated carbocycles. The van der Waals surface area contributed by atoms with Crippen LogP contribution >= 0.6 is 0 Å². The standard InChI is InChI=1S/C14H10N4O/c1-9-18-12-3-2-10(6-14(12)19-9)11(7-15)13-8-16-4-5-17-13/h2-6,8,11H,1H3. The molecule has 1 aromatic carbocycles. The van der Waals surface area contributed by atoms with Gasteiger partial charge < -0.3 is 4.42 Å². The van der Waals surface area contributed by atoms with E-state index < -0.39 is 5.92 Å². The van der Waals surface area contributed by atoms with E-state index in [2.05, 4.69) is 21.0 Å². The first-order valence-corrected chi connectivity index (χ1v) is 5.80. The van der Waals surface area contributed by atoms with Gasteiger partial charge in [0.05, 0.1) is 18.0 Å². The molecule has 0 aliphatic rings. The molecule has 0 spiro atoms. The molecule has 0 aliphatic carbocycles. The lowest BCUT2D eigenvalue weighted by molar-refractivity contribution is 0.560. The second-order valence-electron chi connectivity index (χ2n) is 4.15. The van der Waals surface area contributed by atoms with Crippen molar-refractivity contribution in [2.75, 3.05) is 0 Å². The number of benzene rings is 1. The maximum Gasteiger partial charge on any atom is 0.192 e. The molecule has 0 N–H and O–H groups in total. The molecule has 0 fully saturated rings. The SMILES string of the molecule is Cc1nc2ccc(C(C#N)c3cnccn3)cc2o1. The molecule has 5 nitrogen and oxygen atoms in total. The van der Waals surface area contributed by atoms with Gasteiger partial charge in [-0.05, 0) is 17.7 Å². The molecule has 1 atom stereocenters. The van der Waals surface area contributed by atoms with Gasteiger partial charge in [-0.15, -0.1) is 0 Å². The number of oxazole rings is 1. The highest BCUT2D eigenvalue weighted by Gasteiger charge is 2.16. The number of aromatic nitrogens is 3. The van der Waals surface area contributed by atoms with E-state index in [1.807, 2.05) is 18.2 Å². The average molecular weight is 250 g/mol. The van der Waals surface area contributed by atoms with E-state index in [4.69, 9.17) is 4.42 Å². The van der Waals surface area contributed by atoms with Crippen LogP contribution in [0.3, 0.4) is 0 Å². The van der Waals surface area contributed by atoms with Gasteiger partial charge in [-0.1, -0.05) is 6.07 Å². The molecule has 3 rings (SSSR count). The van der Waals surface area contributed by atoms with Crippen molar-refractivity contribution in [2.24, 2.45) is 0 Å². The normalized spacial score (nSPS) is 12.2. The lowest BCUT2D eigenvalue weighted by Gasteiger charge is -2.07. The number of hydrogen-bond acceptors (Lipinski definition) is 5. The average Bonchev–Trinajstić information content (AvgIpc) is 2.80. The Morgan fingerprint density at radius 2 is 2.21 bits per heavy atom. The van der Waals surface area contributed by atoms with Crippen molar-refractivity contribution in [1.82, 2.24) is 15.0 Å². The number of fused-ring (bicyclic) bond motifs is 1. The molecule has 2 aromatic heterocycles. The predicted octanol–water partition coefficient (Wildman–Crippen LogP) is 2.58. The molecule has 92 valence electrons. The van der Waals surface area contributed by atoms with Crippen LogP contribution in [0.25, 0.3) is 11.1 Å². The van der Waals surface area contributed by atoms with Crippen LogP contribution in [0, 0.1) is 18.3 Å². The van der Waals surface area contributed by atoms with E-state index in [1.165, 1.54) is 0 Å². The van der Waals surface area contributed by atoms with E-state index >= 15 is 0 Å². The van der Waals surface area contributed by atoms with E-state index in [9.17, 15) is 5.26 Å². The minimum Gasteiger partial charge on any atom is -0.441 e. The highest BCUT2D eigenvalue weighted by atomic mass is 16.3. The van der Waals surface area contributed by atoms with Crippen molar-refractivity contribution in [1.29, 1.82) is 5.26 Å². The molecule has 3 aromatic rings. The summed E-state index contributed by atoms with van der Waals surface area (Å²) in [6, 6.07) is 7.79. The molecule has 2 heterocycles. The summed E-state index contributed by atoms with van der Waals surface area (Å²) in [5.74, 6) is 0.156. The zero-order valence-electron chi connectivity index (χ0n) is 10.2. The van der Waals surface area contributed by atoms with Gasteiger partial charge in [-0.3, -0.25) is 9.97 Å². The van der Waals surface area contributed by atoms with E-state index in [0.29, 0.717) is 17.2 Å². The lowest BCUT2D eigenvalue weighted by Crippen LogP contribution is -2.01. The monoisotopic (exact) mass is 250 g/mol. The van der Waals surface area contributed by atoms with Crippen molar-refractivity contribution >= 4 is 11.1 Å². The van der Waals surface area contributed by atoms with E-state index in [0.717, 1.165) is 11.1 Å². The summed E-state index contributed by atoms with van der Waals surface area (Å²) in [5, 5.41) is 9.35. The second-order valence-corrected chi connectivity index (χ2v) is 4.15. The first kappa shape index (κ1) is 11.4. The van der Waals surface area contributed by atoms with Crippen molar-refractivity contribution in [3.05, 3.63) is 53.9 Å². The van der Waals surface area contributed by atoms with Gasteiger partial charge in [0.15, 0.2) is 11.5 Å². The number of hydrogen-bond donors (Lipinski definition) is 0. The quantitative estimate of drug-likeness (QED) is 0.698. The topological polar surface area (TPSA) is 75.6 Å². The van der Waals surface area contributed by atoms with Crippen LogP contribution in [0.15, 0.2) is 41.2 Å².